The summed E-state index contributed by atoms with van der Waals surface area (Å²) in [6.07, 6.45) is 6.96. The van der Waals surface area contributed by atoms with Gasteiger partial charge in [0.2, 0.25) is 0 Å². The van der Waals surface area contributed by atoms with E-state index in [0.29, 0.717) is 118 Å². The molecule has 3 rings (SSSR count). The second-order valence-electron chi connectivity index (χ2n) is 10.0. The SMILES string of the molecule is C.C#CCN1CCS(=O)(=O)CC1.NCCOCCOCCn1cc(CN2CCS(=O)(=O)CC2)nn1.[N-]=[N+]=NCCOCCOCCN. The number of azide groups is 1. The van der Waals surface area contributed by atoms with Crippen LogP contribution in [0.5, 0.6) is 0 Å². The maximum Gasteiger partial charge on any atom is 0.152 e. The van der Waals surface area contributed by atoms with E-state index in [1.165, 1.54) is 0 Å². The second kappa shape index (κ2) is 27.5. The fourth-order valence-electron chi connectivity index (χ4n) is 3.81. The van der Waals surface area contributed by atoms with Crippen LogP contribution in [-0.2, 0) is 51.7 Å². The van der Waals surface area contributed by atoms with Crippen LogP contribution in [0.4, 0.5) is 0 Å². The first kappa shape index (κ1) is 44.6. The molecule has 2 aliphatic rings. The summed E-state index contributed by atoms with van der Waals surface area (Å²) in [6.45, 7) is 9.73. The molecule has 0 unspecified atom stereocenters. The van der Waals surface area contributed by atoms with Gasteiger partial charge in [0, 0.05) is 63.5 Å². The van der Waals surface area contributed by atoms with Crippen LogP contribution in [-0.4, -0.2) is 170 Å². The number of rotatable bonds is 19. The van der Waals surface area contributed by atoms with Crippen LogP contribution < -0.4 is 11.5 Å². The maximum atomic E-state index is 11.4. The van der Waals surface area contributed by atoms with E-state index in [-0.39, 0.29) is 30.4 Å². The fourth-order valence-corrected chi connectivity index (χ4v) is 6.37. The summed E-state index contributed by atoms with van der Waals surface area (Å²) in [5, 5.41) is 11.5. The van der Waals surface area contributed by atoms with Gasteiger partial charge in [-0.15, -0.1) is 11.5 Å². The zero-order chi connectivity index (χ0) is 33.9. The zero-order valence-corrected chi connectivity index (χ0v) is 28.2. The van der Waals surface area contributed by atoms with Crippen LogP contribution >= 0.6 is 0 Å². The number of nitrogens with two attached hydrogens (primary N) is 2. The number of hydrogen-bond acceptors (Lipinski definition) is 15. The molecule has 20 heteroatoms. The number of aromatic nitrogens is 3. The van der Waals surface area contributed by atoms with Crippen molar-refractivity contribution in [1.29, 1.82) is 0 Å². The van der Waals surface area contributed by atoms with Crippen LogP contribution in [0.3, 0.4) is 0 Å². The zero-order valence-electron chi connectivity index (χ0n) is 26.5. The van der Waals surface area contributed by atoms with Crippen LogP contribution in [0, 0.1) is 12.3 Å². The Morgan fingerprint density at radius 2 is 1.32 bits per heavy atom. The van der Waals surface area contributed by atoms with E-state index in [1.807, 2.05) is 11.1 Å². The molecule has 1 aromatic heterocycles. The monoisotopic (exact) mass is 710 g/mol. The summed E-state index contributed by atoms with van der Waals surface area (Å²) < 4.78 is 67.1. The molecule has 0 atom stereocenters. The predicted octanol–water partition coefficient (Wildman–Crippen LogP) is -1.22. The third-order valence-corrected chi connectivity index (χ3v) is 9.51. The Bertz CT molecular complexity index is 1210. The molecule has 0 spiro atoms. The Hall–Kier alpha value is -2.41. The minimum atomic E-state index is -2.84. The molecule has 272 valence electrons. The minimum Gasteiger partial charge on any atom is -0.379 e. The lowest BCUT2D eigenvalue weighted by atomic mass is 10.4. The fraction of sp³-hybridized carbons (Fsp3) is 0.852. The first-order valence-electron chi connectivity index (χ1n) is 15.0. The van der Waals surface area contributed by atoms with E-state index in [0.717, 1.165) is 5.69 Å². The molecule has 0 bridgehead atoms. The number of hydrogen-bond donors (Lipinski definition) is 2. The van der Waals surface area contributed by atoms with Gasteiger partial charge in [-0.3, -0.25) is 9.80 Å². The van der Waals surface area contributed by atoms with Crippen molar-refractivity contribution in [1.82, 2.24) is 24.8 Å². The molecule has 0 aromatic carbocycles. The highest BCUT2D eigenvalue weighted by atomic mass is 32.2. The quantitative estimate of drug-likeness (QED) is 0.0562. The Morgan fingerprint density at radius 1 is 0.830 bits per heavy atom. The molecular weight excluding hydrogens is 656 g/mol. The Balaban J connectivity index is 0.000000745. The maximum absolute atomic E-state index is 11.4. The van der Waals surface area contributed by atoms with Crippen LogP contribution in [0.1, 0.15) is 13.1 Å². The molecule has 0 saturated carbocycles. The van der Waals surface area contributed by atoms with Gasteiger partial charge in [-0.1, -0.05) is 23.7 Å². The van der Waals surface area contributed by atoms with Crippen LogP contribution in [0.15, 0.2) is 11.3 Å². The predicted molar refractivity (Wildman–Crippen MR) is 180 cm³/mol. The standard InChI is InChI=1S/C13H25N5O4S.C7H11NO2S.C6H14N4O2.CH4/c14-1-5-21-7-8-22-6-2-18-12-13(15-16-18)11-17-3-9-23(19,20)10-4-17;1-2-3-8-4-6-11(9,10)7-5-8;7-1-3-11-5-6-12-4-2-9-10-8;/h12H,1-11,14H2;1H,3-7H2;1-7H2;1H4. The molecular formula is C27H54N10O8S2. The van der Waals surface area contributed by atoms with Crippen molar-refractivity contribution in [3.63, 3.8) is 0 Å². The Labute approximate surface area is 279 Å². The van der Waals surface area contributed by atoms with Gasteiger partial charge in [0.25, 0.3) is 0 Å². The highest BCUT2D eigenvalue weighted by Gasteiger charge is 2.22. The summed E-state index contributed by atoms with van der Waals surface area (Å²) in [4.78, 5) is 6.64. The number of ether oxygens (including phenoxy) is 4. The van der Waals surface area contributed by atoms with Crippen molar-refractivity contribution < 1.29 is 35.8 Å². The molecule has 0 radical (unpaired) electrons. The lowest BCUT2D eigenvalue weighted by Gasteiger charge is -2.25. The van der Waals surface area contributed by atoms with Gasteiger partial charge in [-0.2, -0.15) is 0 Å². The first-order valence-corrected chi connectivity index (χ1v) is 18.7. The van der Waals surface area contributed by atoms with Gasteiger partial charge in [-0.05, 0) is 5.53 Å². The van der Waals surface area contributed by atoms with Gasteiger partial charge in [0.1, 0.15) is 0 Å². The molecule has 1 aromatic rings. The van der Waals surface area contributed by atoms with E-state index in [2.05, 4.69) is 31.2 Å². The summed E-state index contributed by atoms with van der Waals surface area (Å²) in [7, 11) is -5.59. The molecule has 0 amide bonds. The van der Waals surface area contributed by atoms with Crippen molar-refractivity contribution >= 4 is 19.7 Å². The third-order valence-electron chi connectivity index (χ3n) is 6.29. The van der Waals surface area contributed by atoms with Crippen molar-refractivity contribution in [3.05, 3.63) is 22.3 Å². The Morgan fingerprint density at radius 3 is 1.81 bits per heavy atom. The molecule has 2 aliphatic heterocycles. The number of nitrogens with zero attached hydrogens (tertiary/aromatic N) is 8. The third kappa shape index (κ3) is 24.4. The second-order valence-corrected chi connectivity index (χ2v) is 14.6. The van der Waals surface area contributed by atoms with Crippen molar-refractivity contribution in [3.8, 4) is 12.3 Å². The van der Waals surface area contributed by atoms with Gasteiger partial charge in [-0.25, -0.2) is 21.5 Å². The van der Waals surface area contributed by atoms with Crippen molar-refractivity contribution in [2.45, 2.75) is 20.5 Å². The molecule has 18 nitrogen and oxygen atoms in total. The van der Waals surface area contributed by atoms with Gasteiger partial charge < -0.3 is 30.4 Å². The summed E-state index contributed by atoms with van der Waals surface area (Å²) in [6, 6.07) is 0. The highest BCUT2D eigenvalue weighted by molar-refractivity contribution is 7.91. The largest absolute Gasteiger partial charge is 0.379 e. The average Bonchev–Trinajstić information content (AvgIpc) is 3.48. The van der Waals surface area contributed by atoms with E-state index in [1.54, 1.807) is 4.68 Å². The molecule has 2 saturated heterocycles. The first-order chi connectivity index (χ1) is 22.1. The van der Waals surface area contributed by atoms with E-state index in [4.69, 9.17) is 42.4 Å². The molecule has 3 heterocycles. The number of terminal acetylenes is 1. The molecule has 4 N–H and O–H groups in total. The highest BCUT2D eigenvalue weighted by Crippen LogP contribution is 2.07. The minimum absolute atomic E-state index is 0. The van der Waals surface area contributed by atoms with Crippen molar-refractivity contribution in [2.24, 2.45) is 16.6 Å². The van der Waals surface area contributed by atoms with Gasteiger partial charge >= 0.3 is 0 Å². The van der Waals surface area contributed by atoms with Gasteiger partial charge in [0.05, 0.1) is 94.6 Å². The summed E-state index contributed by atoms with van der Waals surface area (Å²) in [5.74, 6) is 3.46. The van der Waals surface area contributed by atoms with Gasteiger partial charge in [0.15, 0.2) is 19.7 Å². The summed E-state index contributed by atoms with van der Waals surface area (Å²) >= 11 is 0. The molecule has 0 aliphatic carbocycles. The lowest BCUT2D eigenvalue weighted by molar-refractivity contribution is 0.0466. The molecule has 2 fully saturated rings. The van der Waals surface area contributed by atoms with Crippen LogP contribution in [0.25, 0.3) is 10.4 Å². The van der Waals surface area contributed by atoms with Crippen molar-refractivity contribution in [2.75, 3.05) is 128 Å². The van der Waals surface area contributed by atoms with Crippen LogP contribution in [0.2, 0.25) is 0 Å². The Kier molecular flexibility index (Phi) is 26.1. The van der Waals surface area contributed by atoms with E-state index >= 15 is 0 Å². The summed E-state index contributed by atoms with van der Waals surface area (Å²) in [5.41, 5.74) is 19.2. The van der Waals surface area contributed by atoms with E-state index in [9.17, 15) is 16.8 Å². The normalized spacial score (nSPS) is 17.0. The number of sulfone groups is 2. The molecule has 47 heavy (non-hydrogen) atoms. The topological polar surface area (TPSA) is 243 Å². The van der Waals surface area contributed by atoms with E-state index < -0.39 is 19.7 Å². The smallest absolute Gasteiger partial charge is 0.152 e. The lowest BCUT2D eigenvalue weighted by Crippen LogP contribution is -2.40. The average molecular weight is 711 g/mol.